The molecule has 0 radical (unpaired) electrons. The van der Waals surface area contributed by atoms with Crippen LogP contribution in [0, 0.1) is 6.92 Å². The fourth-order valence-electron chi connectivity index (χ4n) is 2.95. The zero-order valence-electron chi connectivity index (χ0n) is 15.8. The van der Waals surface area contributed by atoms with Gasteiger partial charge in [0.15, 0.2) is 0 Å². The molecule has 2 rings (SSSR count). The van der Waals surface area contributed by atoms with Gasteiger partial charge in [0.2, 0.25) is 11.8 Å². The van der Waals surface area contributed by atoms with Gasteiger partial charge in [0.25, 0.3) is 0 Å². The molecule has 2 unspecified atom stereocenters. The van der Waals surface area contributed by atoms with Gasteiger partial charge in [0.1, 0.15) is 0 Å². The first kappa shape index (κ1) is 20.4. The molecule has 1 saturated heterocycles. The Bertz CT molecular complexity index is 568. The second-order valence-electron chi connectivity index (χ2n) is 6.78. The minimum Gasteiger partial charge on any atom is -0.379 e. The predicted octanol–water partition coefficient (Wildman–Crippen LogP) is 2.26. The number of carbonyl (C=O) groups excluding carboxylic acids is 2. The third kappa shape index (κ3) is 7.54. The maximum Gasteiger partial charge on any atom is 0.222 e. The summed E-state index contributed by atoms with van der Waals surface area (Å²) in [5, 5.41) is 5.74. The molecular formula is C20H30N2O4. The quantitative estimate of drug-likeness (QED) is 0.626. The molecule has 0 aromatic heterocycles. The molecule has 0 aliphatic carbocycles. The standard InChI is InChI=1S/C20H30N2O4/c1-15-6-8-17(9-7-15)19(22-16(2)23)13-20(24)21-10-4-11-25-14-18-5-3-12-26-18/h6-9,18-19H,3-5,10-14H2,1-2H3,(H,21,24)(H,22,23). The fraction of sp³-hybridized carbons (Fsp3) is 0.600. The van der Waals surface area contributed by atoms with E-state index in [1.165, 1.54) is 6.92 Å². The monoisotopic (exact) mass is 362 g/mol. The second-order valence-corrected chi connectivity index (χ2v) is 6.78. The summed E-state index contributed by atoms with van der Waals surface area (Å²) in [4.78, 5) is 23.6. The van der Waals surface area contributed by atoms with Crippen molar-refractivity contribution in [1.29, 1.82) is 0 Å². The number of benzene rings is 1. The molecule has 0 bridgehead atoms. The molecule has 0 saturated carbocycles. The maximum absolute atomic E-state index is 12.2. The van der Waals surface area contributed by atoms with Crippen LogP contribution in [-0.2, 0) is 19.1 Å². The Morgan fingerprint density at radius 3 is 2.73 bits per heavy atom. The van der Waals surface area contributed by atoms with Gasteiger partial charge in [0.05, 0.1) is 25.2 Å². The summed E-state index contributed by atoms with van der Waals surface area (Å²) in [6.07, 6.45) is 3.39. The lowest BCUT2D eigenvalue weighted by atomic mass is 10.0. The van der Waals surface area contributed by atoms with Crippen LogP contribution in [-0.4, -0.2) is 44.3 Å². The zero-order valence-corrected chi connectivity index (χ0v) is 15.8. The molecule has 2 N–H and O–H groups in total. The van der Waals surface area contributed by atoms with Crippen molar-refractivity contribution >= 4 is 11.8 Å². The van der Waals surface area contributed by atoms with Crippen molar-refractivity contribution in [2.24, 2.45) is 0 Å². The molecule has 2 amide bonds. The van der Waals surface area contributed by atoms with Crippen molar-refractivity contribution in [3.8, 4) is 0 Å². The summed E-state index contributed by atoms with van der Waals surface area (Å²) in [6.45, 7) is 6.10. The summed E-state index contributed by atoms with van der Waals surface area (Å²) < 4.78 is 11.1. The molecule has 1 aromatic carbocycles. The van der Waals surface area contributed by atoms with E-state index in [2.05, 4.69) is 10.6 Å². The number of amides is 2. The van der Waals surface area contributed by atoms with Gasteiger partial charge in [-0.3, -0.25) is 9.59 Å². The summed E-state index contributed by atoms with van der Waals surface area (Å²) in [7, 11) is 0. The van der Waals surface area contributed by atoms with Crippen LogP contribution in [0.4, 0.5) is 0 Å². The third-order valence-electron chi connectivity index (χ3n) is 4.36. The van der Waals surface area contributed by atoms with Gasteiger partial charge in [-0.2, -0.15) is 0 Å². The lowest BCUT2D eigenvalue weighted by molar-refractivity contribution is -0.122. The molecule has 1 aliphatic heterocycles. The summed E-state index contributed by atoms with van der Waals surface area (Å²) in [6, 6.07) is 7.54. The number of nitrogens with one attached hydrogen (secondary N) is 2. The summed E-state index contributed by atoms with van der Waals surface area (Å²) >= 11 is 0. The Balaban J connectivity index is 1.67. The van der Waals surface area contributed by atoms with Crippen molar-refractivity contribution in [2.75, 3.05) is 26.4 Å². The third-order valence-corrected chi connectivity index (χ3v) is 4.36. The van der Waals surface area contributed by atoms with Gasteiger partial charge in [-0.05, 0) is 31.7 Å². The summed E-state index contributed by atoms with van der Waals surface area (Å²) in [5.74, 6) is -0.227. The van der Waals surface area contributed by atoms with Crippen molar-refractivity contribution < 1.29 is 19.1 Å². The SMILES string of the molecule is CC(=O)NC(CC(=O)NCCCOCC1CCCO1)c1ccc(C)cc1. The minimum atomic E-state index is -0.316. The lowest BCUT2D eigenvalue weighted by Gasteiger charge is -2.18. The highest BCUT2D eigenvalue weighted by molar-refractivity contribution is 5.79. The van der Waals surface area contributed by atoms with Crippen LogP contribution >= 0.6 is 0 Å². The number of rotatable bonds is 10. The van der Waals surface area contributed by atoms with E-state index in [1.54, 1.807) is 0 Å². The Hall–Kier alpha value is -1.92. The van der Waals surface area contributed by atoms with E-state index in [0.717, 1.165) is 37.0 Å². The van der Waals surface area contributed by atoms with E-state index < -0.39 is 0 Å². The van der Waals surface area contributed by atoms with E-state index in [-0.39, 0.29) is 30.4 Å². The number of aryl methyl sites for hydroxylation is 1. The smallest absolute Gasteiger partial charge is 0.222 e. The topological polar surface area (TPSA) is 76.7 Å². The van der Waals surface area contributed by atoms with Crippen molar-refractivity contribution in [1.82, 2.24) is 10.6 Å². The first-order valence-corrected chi connectivity index (χ1v) is 9.34. The highest BCUT2D eigenvalue weighted by Gasteiger charge is 2.17. The molecule has 6 nitrogen and oxygen atoms in total. The van der Waals surface area contributed by atoms with Crippen molar-refractivity contribution in [3.05, 3.63) is 35.4 Å². The van der Waals surface area contributed by atoms with Crippen LogP contribution in [0.5, 0.6) is 0 Å². The Labute approximate surface area is 155 Å². The Morgan fingerprint density at radius 1 is 1.31 bits per heavy atom. The summed E-state index contributed by atoms with van der Waals surface area (Å²) in [5.41, 5.74) is 2.07. The van der Waals surface area contributed by atoms with E-state index in [9.17, 15) is 9.59 Å². The zero-order chi connectivity index (χ0) is 18.8. The van der Waals surface area contributed by atoms with E-state index in [1.807, 2.05) is 31.2 Å². The average Bonchev–Trinajstić information content (AvgIpc) is 3.11. The molecule has 2 atom stereocenters. The predicted molar refractivity (Wildman–Crippen MR) is 99.8 cm³/mol. The number of hydrogen-bond donors (Lipinski definition) is 2. The second kappa shape index (κ2) is 10.9. The fourth-order valence-corrected chi connectivity index (χ4v) is 2.95. The number of hydrogen-bond acceptors (Lipinski definition) is 4. The van der Waals surface area contributed by atoms with Crippen molar-refractivity contribution in [2.45, 2.75) is 51.7 Å². The van der Waals surface area contributed by atoms with Crippen LogP contribution in [0.25, 0.3) is 0 Å². The molecule has 1 fully saturated rings. The Morgan fingerprint density at radius 2 is 2.08 bits per heavy atom. The Kier molecular flexibility index (Phi) is 8.58. The van der Waals surface area contributed by atoms with Crippen LogP contribution in [0.2, 0.25) is 0 Å². The first-order chi connectivity index (χ1) is 12.5. The highest BCUT2D eigenvalue weighted by atomic mass is 16.5. The molecule has 26 heavy (non-hydrogen) atoms. The largest absolute Gasteiger partial charge is 0.379 e. The molecule has 1 aromatic rings. The van der Waals surface area contributed by atoms with Crippen LogP contribution in [0.1, 0.15) is 49.8 Å². The van der Waals surface area contributed by atoms with E-state index in [4.69, 9.17) is 9.47 Å². The molecular weight excluding hydrogens is 332 g/mol. The van der Waals surface area contributed by atoms with E-state index >= 15 is 0 Å². The number of ether oxygens (including phenoxy) is 2. The highest BCUT2D eigenvalue weighted by Crippen LogP contribution is 2.17. The van der Waals surface area contributed by atoms with E-state index in [0.29, 0.717) is 19.8 Å². The molecule has 1 heterocycles. The van der Waals surface area contributed by atoms with Crippen LogP contribution < -0.4 is 10.6 Å². The minimum absolute atomic E-state index is 0.0801. The molecule has 1 aliphatic rings. The number of carbonyl (C=O) groups is 2. The average molecular weight is 362 g/mol. The normalized spacial score (nSPS) is 17.7. The lowest BCUT2D eigenvalue weighted by Crippen LogP contribution is -2.33. The van der Waals surface area contributed by atoms with Gasteiger partial charge >= 0.3 is 0 Å². The first-order valence-electron chi connectivity index (χ1n) is 9.34. The molecule has 0 spiro atoms. The van der Waals surface area contributed by atoms with Gasteiger partial charge in [0, 0.05) is 26.7 Å². The van der Waals surface area contributed by atoms with Gasteiger partial charge in [-0.15, -0.1) is 0 Å². The molecule has 6 heteroatoms. The van der Waals surface area contributed by atoms with Crippen LogP contribution in [0.3, 0.4) is 0 Å². The van der Waals surface area contributed by atoms with Gasteiger partial charge in [-0.1, -0.05) is 29.8 Å². The van der Waals surface area contributed by atoms with Gasteiger partial charge in [-0.25, -0.2) is 0 Å². The van der Waals surface area contributed by atoms with Crippen LogP contribution in [0.15, 0.2) is 24.3 Å². The molecule has 144 valence electrons. The van der Waals surface area contributed by atoms with Crippen molar-refractivity contribution in [3.63, 3.8) is 0 Å². The maximum atomic E-state index is 12.2. The van der Waals surface area contributed by atoms with Gasteiger partial charge < -0.3 is 20.1 Å².